The van der Waals surface area contributed by atoms with Crippen molar-refractivity contribution in [2.45, 2.75) is 12.5 Å². The molecule has 0 aliphatic rings. The minimum absolute atomic E-state index is 0.257. The molecule has 21 heavy (non-hydrogen) atoms. The van der Waals surface area contributed by atoms with Gasteiger partial charge in [-0.25, -0.2) is 4.39 Å². The van der Waals surface area contributed by atoms with Crippen molar-refractivity contribution in [3.8, 4) is 18.4 Å². The Morgan fingerprint density at radius 2 is 1.90 bits per heavy atom. The van der Waals surface area contributed by atoms with E-state index in [1.165, 1.54) is 26.2 Å². The van der Waals surface area contributed by atoms with E-state index in [0.717, 1.165) is 14.2 Å². The molecule has 0 bridgehead atoms. The second kappa shape index (κ2) is 7.19. The second-order valence-electron chi connectivity index (χ2n) is 4.45. The van der Waals surface area contributed by atoms with Crippen LogP contribution in [0.4, 0.5) is 4.39 Å². The standard InChI is InChI=1S/C14H16FN3O2S/c1-4-14(11-12-5-7-13(15)8-6-12)18(3)21(19,20)17(2)10-9-16/h1,5-8,14H,10-11H2,2-3H3. The van der Waals surface area contributed by atoms with Gasteiger partial charge in [0.1, 0.15) is 12.4 Å². The number of halogens is 1. The zero-order valence-corrected chi connectivity index (χ0v) is 12.6. The van der Waals surface area contributed by atoms with Crippen molar-refractivity contribution in [3.63, 3.8) is 0 Å². The highest BCUT2D eigenvalue weighted by Gasteiger charge is 2.29. The molecule has 0 radical (unpaired) electrons. The van der Waals surface area contributed by atoms with E-state index in [2.05, 4.69) is 5.92 Å². The molecule has 0 aliphatic carbocycles. The summed E-state index contributed by atoms with van der Waals surface area (Å²) in [6.07, 6.45) is 5.67. The van der Waals surface area contributed by atoms with Gasteiger partial charge in [-0.05, 0) is 17.7 Å². The fourth-order valence-corrected chi connectivity index (χ4v) is 2.82. The summed E-state index contributed by atoms with van der Waals surface area (Å²) in [5.74, 6) is 2.04. The zero-order valence-electron chi connectivity index (χ0n) is 11.8. The van der Waals surface area contributed by atoms with E-state index in [0.29, 0.717) is 0 Å². The Morgan fingerprint density at radius 3 is 2.38 bits per heavy atom. The third kappa shape index (κ3) is 4.27. The van der Waals surface area contributed by atoms with Gasteiger partial charge < -0.3 is 0 Å². The van der Waals surface area contributed by atoms with Gasteiger partial charge in [-0.3, -0.25) is 0 Å². The molecule has 1 unspecified atom stereocenters. The number of hydrogen-bond donors (Lipinski definition) is 0. The topological polar surface area (TPSA) is 64.4 Å². The maximum absolute atomic E-state index is 12.9. The van der Waals surface area contributed by atoms with Crippen LogP contribution in [0.15, 0.2) is 24.3 Å². The first-order valence-electron chi connectivity index (χ1n) is 6.09. The van der Waals surface area contributed by atoms with Crippen molar-refractivity contribution in [1.82, 2.24) is 8.61 Å². The lowest BCUT2D eigenvalue weighted by Crippen LogP contribution is -2.45. The SMILES string of the molecule is C#CC(Cc1ccc(F)cc1)N(C)S(=O)(=O)N(C)CC#N. The number of likely N-dealkylation sites (N-methyl/N-ethyl adjacent to an activating group) is 1. The number of rotatable bonds is 6. The molecule has 0 saturated carbocycles. The van der Waals surface area contributed by atoms with Crippen molar-refractivity contribution in [3.05, 3.63) is 35.6 Å². The van der Waals surface area contributed by atoms with Gasteiger partial charge >= 0.3 is 0 Å². The number of benzene rings is 1. The number of hydrogen-bond acceptors (Lipinski definition) is 3. The van der Waals surface area contributed by atoms with Crippen LogP contribution in [-0.2, 0) is 16.6 Å². The molecule has 0 aliphatic heterocycles. The van der Waals surface area contributed by atoms with Gasteiger partial charge in [-0.2, -0.15) is 22.3 Å². The highest BCUT2D eigenvalue weighted by Crippen LogP contribution is 2.13. The molecule has 112 valence electrons. The summed E-state index contributed by atoms with van der Waals surface area (Å²) in [6.45, 7) is -0.263. The molecular formula is C14H16FN3O2S. The molecule has 0 fully saturated rings. The van der Waals surface area contributed by atoms with Crippen LogP contribution in [0.3, 0.4) is 0 Å². The summed E-state index contributed by atoms with van der Waals surface area (Å²) in [5, 5.41) is 8.59. The number of nitriles is 1. The van der Waals surface area contributed by atoms with E-state index >= 15 is 0 Å². The molecule has 0 spiro atoms. The van der Waals surface area contributed by atoms with Crippen molar-refractivity contribution in [2.24, 2.45) is 0 Å². The van der Waals surface area contributed by atoms with E-state index in [-0.39, 0.29) is 18.8 Å². The maximum Gasteiger partial charge on any atom is 0.283 e. The maximum atomic E-state index is 12.9. The van der Waals surface area contributed by atoms with Crippen molar-refractivity contribution in [1.29, 1.82) is 5.26 Å². The first kappa shape index (κ1) is 17.1. The Balaban J connectivity index is 2.92. The van der Waals surface area contributed by atoms with Crippen molar-refractivity contribution >= 4 is 10.2 Å². The molecule has 1 rings (SSSR count). The predicted molar refractivity (Wildman–Crippen MR) is 77.7 cm³/mol. The number of nitrogens with zero attached hydrogens (tertiary/aromatic N) is 3. The lowest BCUT2D eigenvalue weighted by molar-refractivity contribution is 0.377. The average Bonchev–Trinajstić information content (AvgIpc) is 2.46. The lowest BCUT2D eigenvalue weighted by atomic mass is 10.1. The normalized spacial score (nSPS) is 12.9. The largest absolute Gasteiger partial charge is 0.283 e. The molecule has 0 N–H and O–H groups in total. The van der Waals surface area contributed by atoms with Gasteiger partial charge in [0.05, 0.1) is 12.1 Å². The summed E-state index contributed by atoms with van der Waals surface area (Å²) in [7, 11) is -1.15. The highest BCUT2D eigenvalue weighted by atomic mass is 32.2. The van der Waals surface area contributed by atoms with Gasteiger partial charge in [-0.15, -0.1) is 6.42 Å². The summed E-state index contributed by atoms with van der Waals surface area (Å²) >= 11 is 0. The Labute approximate surface area is 124 Å². The third-order valence-corrected chi connectivity index (χ3v) is 4.92. The average molecular weight is 309 g/mol. The van der Waals surface area contributed by atoms with E-state index in [1.54, 1.807) is 18.2 Å². The quantitative estimate of drug-likeness (QED) is 0.582. The molecule has 5 nitrogen and oxygen atoms in total. The predicted octanol–water partition coefficient (Wildman–Crippen LogP) is 1.00. The minimum Gasteiger partial charge on any atom is -0.207 e. The fraction of sp³-hybridized carbons (Fsp3) is 0.357. The summed E-state index contributed by atoms with van der Waals surface area (Å²) in [6, 6.07) is 6.74. The fourth-order valence-electron chi connectivity index (χ4n) is 1.70. The van der Waals surface area contributed by atoms with Crippen LogP contribution in [-0.4, -0.2) is 43.7 Å². The minimum atomic E-state index is -3.81. The molecule has 0 heterocycles. The molecule has 0 amide bonds. The van der Waals surface area contributed by atoms with Gasteiger partial charge in [-0.1, -0.05) is 18.1 Å². The second-order valence-corrected chi connectivity index (χ2v) is 6.55. The van der Waals surface area contributed by atoms with Gasteiger partial charge in [0.15, 0.2) is 0 Å². The van der Waals surface area contributed by atoms with Crippen LogP contribution in [0, 0.1) is 29.5 Å². The first-order valence-corrected chi connectivity index (χ1v) is 7.49. The van der Waals surface area contributed by atoms with Crippen molar-refractivity contribution < 1.29 is 12.8 Å². The van der Waals surface area contributed by atoms with Crippen LogP contribution < -0.4 is 0 Å². The van der Waals surface area contributed by atoms with Crippen LogP contribution >= 0.6 is 0 Å². The van der Waals surface area contributed by atoms with Crippen LogP contribution in [0.2, 0.25) is 0 Å². The lowest BCUT2D eigenvalue weighted by Gasteiger charge is -2.27. The summed E-state index contributed by atoms with van der Waals surface area (Å²) in [4.78, 5) is 0. The molecular weight excluding hydrogens is 293 g/mol. The van der Waals surface area contributed by atoms with Crippen LogP contribution in [0.25, 0.3) is 0 Å². The third-order valence-electron chi connectivity index (χ3n) is 3.02. The smallest absolute Gasteiger partial charge is 0.207 e. The van der Waals surface area contributed by atoms with E-state index < -0.39 is 16.3 Å². The van der Waals surface area contributed by atoms with Gasteiger partial charge in [0.25, 0.3) is 10.2 Å². The van der Waals surface area contributed by atoms with Gasteiger partial charge in [0.2, 0.25) is 0 Å². The van der Waals surface area contributed by atoms with E-state index in [1.807, 2.05) is 0 Å². The highest BCUT2D eigenvalue weighted by molar-refractivity contribution is 7.86. The van der Waals surface area contributed by atoms with E-state index in [9.17, 15) is 12.8 Å². The molecule has 1 aromatic rings. The van der Waals surface area contributed by atoms with Crippen LogP contribution in [0.5, 0.6) is 0 Å². The van der Waals surface area contributed by atoms with Crippen LogP contribution in [0.1, 0.15) is 5.56 Å². The summed E-state index contributed by atoms with van der Waals surface area (Å²) in [5.41, 5.74) is 0.726. The summed E-state index contributed by atoms with van der Waals surface area (Å²) < 4.78 is 39.2. The Kier molecular flexibility index (Phi) is 5.86. The first-order chi connectivity index (χ1) is 9.82. The van der Waals surface area contributed by atoms with Gasteiger partial charge in [0, 0.05) is 20.5 Å². The zero-order chi connectivity index (χ0) is 16.0. The van der Waals surface area contributed by atoms with E-state index in [4.69, 9.17) is 11.7 Å². The molecule has 0 saturated heterocycles. The number of terminal acetylenes is 1. The Bertz CT molecular complexity index is 659. The molecule has 1 atom stereocenters. The monoisotopic (exact) mass is 309 g/mol. The molecule has 7 heteroatoms. The Hall–Kier alpha value is -1.93. The molecule has 0 aromatic heterocycles. The molecule has 1 aromatic carbocycles. The Morgan fingerprint density at radius 1 is 1.33 bits per heavy atom. The van der Waals surface area contributed by atoms with Crippen molar-refractivity contribution in [2.75, 3.05) is 20.6 Å².